The first-order chi connectivity index (χ1) is 14.7. The molecule has 6 heteroatoms. The Balaban J connectivity index is 1.62. The molecule has 0 aliphatic carbocycles. The van der Waals surface area contributed by atoms with Gasteiger partial charge in [-0.2, -0.15) is 0 Å². The fraction of sp³-hybridized carbons (Fsp3) is 0.417. The lowest BCUT2D eigenvalue weighted by Gasteiger charge is -2.16. The summed E-state index contributed by atoms with van der Waals surface area (Å²) in [6.07, 6.45) is 1.64. The molecule has 2 aromatic rings. The average molecular weight is 409 g/mol. The molecule has 1 aliphatic heterocycles. The number of carbonyl (C=O) groups excluding carboxylic acids is 1. The van der Waals surface area contributed by atoms with Gasteiger partial charge in [0.05, 0.1) is 13.2 Å². The van der Waals surface area contributed by atoms with Crippen molar-refractivity contribution in [1.82, 2.24) is 15.5 Å². The third kappa shape index (κ3) is 6.24. The van der Waals surface area contributed by atoms with Crippen LogP contribution in [0, 0.1) is 0 Å². The first kappa shape index (κ1) is 21.7. The Kier molecular flexibility index (Phi) is 8.12. The lowest BCUT2D eigenvalue weighted by atomic mass is 10.1. The Hall–Kier alpha value is -3.02. The zero-order valence-electron chi connectivity index (χ0n) is 18.0. The molecule has 1 amide bonds. The highest BCUT2D eigenvalue weighted by atomic mass is 16.5. The predicted molar refractivity (Wildman–Crippen MR) is 120 cm³/mol. The Morgan fingerprint density at radius 2 is 1.93 bits per heavy atom. The van der Waals surface area contributed by atoms with E-state index in [0.717, 1.165) is 47.9 Å². The number of nitrogens with zero attached hydrogens (tertiary/aromatic N) is 2. The molecule has 2 aromatic carbocycles. The van der Waals surface area contributed by atoms with Crippen molar-refractivity contribution in [2.45, 2.75) is 46.3 Å². The molecule has 2 N–H and O–H groups in total. The van der Waals surface area contributed by atoms with E-state index < -0.39 is 0 Å². The summed E-state index contributed by atoms with van der Waals surface area (Å²) in [5.74, 6) is 1.92. The van der Waals surface area contributed by atoms with Gasteiger partial charge in [-0.1, -0.05) is 42.5 Å². The Morgan fingerprint density at radius 3 is 2.70 bits per heavy atom. The molecular weight excluding hydrogens is 376 g/mol. The summed E-state index contributed by atoms with van der Waals surface area (Å²) in [6, 6.07) is 16.4. The van der Waals surface area contributed by atoms with E-state index >= 15 is 0 Å². The largest absolute Gasteiger partial charge is 0.494 e. The van der Waals surface area contributed by atoms with Gasteiger partial charge in [0, 0.05) is 38.2 Å². The van der Waals surface area contributed by atoms with E-state index in [2.05, 4.69) is 41.8 Å². The number of ether oxygens (including phenoxy) is 1. The van der Waals surface area contributed by atoms with Crippen molar-refractivity contribution in [3.8, 4) is 5.75 Å². The molecule has 160 valence electrons. The molecule has 0 bridgehead atoms. The van der Waals surface area contributed by atoms with Crippen LogP contribution in [0.4, 0.5) is 0 Å². The third-order valence-electron chi connectivity index (χ3n) is 5.02. The van der Waals surface area contributed by atoms with Crippen LogP contribution in [0.3, 0.4) is 0 Å². The third-order valence-corrected chi connectivity index (χ3v) is 5.02. The van der Waals surface area contributed by atoms with Crippen LogP contribution in [0.2, 0.25) is 0 Å². The normalized spacial score (nSPS) is 14.1. The molecule has 1 saturated heterocycles. The number of benzene rings is 2. The maximum Gasteiger partial charge on any atom is 0.222 e. The molecule has 0 spiro atoms. The maximum atomic E-state index is 11.9. The van der Waals surface area contributed by atoms with Crippen LogP contribution in [-0.2, 0) is 24.4 Å². The number of carbonyl (C=O) groups is 1. The first-order valence-electron chi connectivity index (χ1n) is 10.8. The number of para-hydroxylation sites is 1. The van der Waals surface area contributed by atoms with Crippen molar-refractivity contribution in [2.24, 2.45) is 4.99 Å². The highest BCUT2D eigenvalue weighted by molar-refractivity contribution is 5.80. The van der Waals surface area contributed by atoms with Gasteiger partial charge in [0.25, 0.3) is 0 Å². The van der Waals surface area contributed by atoms with Crippen molar-refractivity contribution in [1.29, 1.82) is 0 Å². The van der Waals surface area contributed by atoms with E-state index in [1.54, 1.807) is 0 Å². The SMILES string of the molecule is CCNC(=NCc1cccc(CN2CCCC2=O)c1)NCc1ccccc1OCC. The summed E-state index contributed by atoms with van der Waals surface area (Å²) in [5.41, 5.74) is 3.38. The van der Waals surface area contributed by atoms with E-state index in [9.17, 15) is 4.79 Å². The molecule has 0 aromatic heterocycles. The quantitative estimate of drug-likeness (QED) is 0.493. The van der Waals surface area contributed by atoms with Crippen molar-refractivity contribution in [3.05, 3.63) is 65.2 Å². The average Bonchev–Trinajstić information content (AvgIpc) is 3.16. The number of likely N-dealkylation sites (tertiary alicyclic amines) is 1. The summed E-state index contributed by atoms with van der Waals surface area (Å²) in [7, 11) is 0. The monoisotopic (exact) mass is 408 g/mol. The number of aliphatic imine (C=N–C) groups is 1. The molecule has 3 rings (SSSR count). The zero-order chi connectivity index (χ0) is 21.2. The van der Waals surface area contributed by atoms with Crippen LogP contribution in [0.15, 0.2) is 53.5 Å². The minimum Gasteiger partial charge on any atom is -0.494 e. The second-order valence-corrected chi connectivity index (χ2v) is 7.33. The number of hydrogen-bond acceptors (Lipinski definition) is 3. The molecule has 30 heavy (non-hydrogen) atoms. The van der Waals surface area contributed by atoms with Gasteiger partial charge >= 0.3 is 0 Å². The van der Waals surface area contributed by atoms with Crippen molar-refractivity contribution in [3.63, 3.8) is 0 Å². The zero-order valence-corrected chi connectivity index (χ0v) is 18.0. The van der Waals surface area contributed by atoms with Crippen molar-refractivity contribution in [2.75, 3.05) is 19.7 Å². The predicted octanol–water partition coefficient (Wildman–Crippen LogP) is 3.46. The number of hydrogen-bond donors (Lipinski definition) is 2. The van der Waals surface area contributed by atoms with Gasteiger partial charge in [-0.05, 0) is 37.5 Å². The van der Waals surface area contributed by atoms with Crippen LogP contribution in [0.5, 0.6) is 5.75 Å². The van der Waals surface area contributed by atoms with Gasteiger partial charge in [-0.3, -0.25) is 4.79 Å². The number of nitrogens with one attached hydrogen (secondary N) is 2. The van der Waals surface area contributed by atoms with E-state index in [1.165, 1.54) is 0 Å². The van der Waals surface area contributed by atoms with Crippen molar-refractivity contribution >= 4 is 11.9 Å². The Morgan fingerprint density at radius 1 is 1.10 bits per heavy atom. The van der Waals surface area contributed by atoms with Gasteiger partial charge in [0.1, 0.15) is 5.75 Å². The van der Waals surface area contributed by atoms with Crippen LogP contribution >= 0.6 is 0 Å². The summed E-state index contributed by atoms with van der Waals surface area (Å²) < 4.78 is 5.71. The van der Waals surface area contributed by atoms with Gasteiger partial charge in [-0.15, -0.1) is 0 Å². The topological polar surface area (TPSA) is 66.0 Å². The Bertz CT molecular complexity index is 866. The molecule has 0 atom stereocenters. The maximum absolute atomic E-state index is 11.9. The van der Waals surface area contributed by atoms with Crippen LogP contribution in [0.1, 0.15) is 43.4 Å². The van der Waals surface area contributed by atoms with Crippen LogP contribution in [-0.4, -0.2) is 36.5 Å². The van der Waals surface area contributed by atoms with Gasteiger partial charge in [0.15, 0.2) is 5.96 Å². The van der Waals surface area contributed by atoms with Crippen molar-refractivity contribution < 1.29 is 9.53 Å². The fourth-order valence-electron chi connectivity index (χ4n) is 3.56. The second kappa shape index (κ2) is 11.2. The van der Waals surface area contributed by atoms with Gasteiger partial charge in [0.2, 0.25) is 5.91 Å². The molecule has 0 radical (unpaired) electrons. The molecule has 0 saturated carbocycles. The summed E-state index contributed by atoms with van der Waals surface area (Å²) in [4.78, 5) is 18.6. The summed E-state index contributed by atoms with van der Waals surface area (Å²) in [6.45, 7) is 8.23. The van der Waals surface area contributed by atoms with E-state index in [-0.39, 0.29) is 5.91 Å². The highest BCUT2D eigenvalue weighted by Crippen LogP contribution is 2.18. The second-order valence-electron chi connectivity index (χ2n) is 7.33. The highest BCUT2D eigenvalue weighted by Gasteiger charge is 2.19. The number of amides is 1. The van der Waals surface area contributed by atoms with Gasteiger partial charge < -0.3 is 20.3 Å². The lowest BCUT2D eigenvalue weighted by molar-refractivity contribution is -0.128. The van der Waals surface area contributed by atoms with Crippen LogP contribution in [0.25, 0.3) is 0 Å². The minimum absolute atomic E-state index is 0.254. The minimum atomic E-state index is 0.254. The fourth-order valence-corrected chi connectivity index (χ4v) is 3.56. The molecular formula is C24H32N4O2. The van der Waals surface area contributed by atoms with E-state index in [4.69, 9.17) is 9.73 Å². The van der Waals surface area contributed by atoms with E-state index in [1.807, 2.05) is 36.1 Å². The summed E-state index contributed by atoms with van der Waals surface area (Å²) >= 11 is 0. The van der Waals surface area contributed by atoms with Gasteiger partial charge in [-0.25, -0.2) is 4.99 Å². The summed E-state index contributed by atoms with van der Waals surface area (Å²) in [5, 5.41) is 6.69. The number of rotatable bonds is 9. The lowest BCUT2D eigenvalue weighted by Crippen LogP contribution is -2.36. The first-order valence-corrected chi connectivity index (χ1v) is 10.8. The standard InChI is InChI=1S/C24H32N4O2/c1-3-25-24(27-17-21-11-5-6-12-22(21)30-4-2)26-16-19-9-7-10-20(15-19)18-28-14-8-13-23(28)29/h5-7,9-12,15H,3-4,8,13-14,16-18H2,1-2H3,(H2,25,26,27). The molecule has 6 nitrogen and oxygen atoms in total. The molecule has 1 heterocycles. The Labute approximate surface area is 179 Å². The van der Waals surface area contributed by atoms with Crippen LogP contribution < -0.4 is 15.4 Å². The molecule has 0 unspecified atom stereocenters. The van der Waals surface area contributed by atoms with E-state index in [0.29, 0.717) is 32.7 Å². The smallest absolute Gasteiger partial charge is 0.222 e. The molecule has 1 fully saturated rings. The number of guanidine groups is 1. The molecule has 1 aliphatic rings.